The summed E-state index contributed by atoms with van der Waals surface area (Å²) in [7, 11) is 0. The van der Waals surface area contributed by atoms with Gasteiger partial charge in [-0.3, -0.25) is 4.79 Å². The Hall–Kier alpha value is -2.09. The van der Waals surface area contributed by atoms with E-state index in [1.54, 1.807) is 0 Å². The number of hydrogen-bond acceptors (Lipinski definition) is 2. The van der Waals surface area contributed by atoms with Crippen LogP contribution in [0.5, 0.6) is 0 Å². The summed E-state index contributed by atoms with van der Waals surface area (Å²) >= 11 is 0. The molecule has 102 valence electrons. The topological polar surface area (TPSA) is 29.1 Å². The molecular formula is C18H19NO. The lowest BCUT2D eigenvalue weighted by Crippen LogP contribution is -2.16. The molecule has 0 unspecified atom stereocenters. The Bertz CT molecular complexity index is 646. The SMILES string of the molecule is Cc1ccccc1CC(=O)c1cccc2c1CCCN2. The molecule has 20 heavy (non-hydrogen) atoms. The van der Waals surface area contributed by atoms with Gasteiger partial charge in [-0.1, -0.05) is 36.4 Å². The maximum absolute atomic E-state index is 12.6. The summed E-state index contributed by atoms with van der Waals surface area (Å²) in [4.78, 5) is 12.6. The van der Waals surface area contributed by atoms with Gasteiger partial charge in [0, 0.05) is 24.2 Å². The molecule has 2 nitrogen and oxygen atoms in total. The van der Waals surface area contributed by atoms with Gasteiger partial charge in [-0.05, 0) is 42.5 Å². The van der Waals surface area contributed by atoms with Crippen LogP contribution in [0.15, 0.2) is 42.5 Å². The molecular weight excluding hydrogens is 246 g/mol. The second kappa shape index (κ2) is 5.49. The number of nitrogens with one attached hydrogen (secondary N) is 1. The van der Waals surface area contributed by atoms with Crippen molar-refractivity contribution in [2.75, 3.05) is 11.9 Å². The molecule has 0 fully saturated rings. The van der Waals surface area contributed by atoms with Gasteiger partial charge in [0.05, 0.1) is 0 Å². The van der Waals surface area contributed by atoms with Crippen LogP contribution in [0.2, 0.25) is 0 Å². The molecule has 1 N–H and O–H groups in total. The number of fused-ring (bicyclic) bond motifs is 1. The Labute approximate surface area is 119 Å². The standard InChI is InChI=1S/C18H19NO/c1-13-6-2-3-7-14(13)12-18(20)16-8-4-10-17-15(16)9-5-11-19-17/h2-4,6-8,10,19H,5,9,11-12H2,1H3. The summed E-state index contributed by atoms with van der Waals surface area (Å²) in [6, 6.07) is 14.1. The van der Waals surface area contributed by atoms with Crippen LogP contribution >= 0.6 is 0 Å². The zero-order valence-corrected chi connectivity index (χ0v) is 11.8. The Kier molecular flexibility index (Phi) is 3.55. The molecule has 0 amide bonds. The van der Waals surface area contributed by atoms with Gasteiger partial charge in [0.2, 0.25) is 0 Å². The van der Waals surface area contributed by atoms with Crippen molar-refractivity contribution in [2.24, 2.45) is 0 Å². The molecule has 3 rings (SSSR count). The van der Waals surface area contributed by atoms with E-state index in [2.05, 4.69) is 24.4 Å². The fraction of sp³-hybridized carbons (Fsp3) is 0.278. The first kappa shape index (κ1) is 12.9. The van der Waals surface area contributed by atoms with Gasteiger partial charge in [0.15, 0.2) is 5.78 Å². The fourth-order valence-corrected chi connectivity index (χ4v) is 2.85. The molecule has 0 radical (unpaired) electrons. The van der Waals surface area contributed by atoms with Crippen molar-refractivity contribution < 1.29 is 4.79 Å². The number of carbonyl (C=O) groups excluding carboxylic acids is 1. The third-order valence-corrected chi connectivity index (χ3v) is 4.01. The van der Waals surface area contributed by atoms with Crippen LogP contribution in [-0.4, -0.2) is 12.3 Å². The van der Waals surface area contributed by atoms with Crippen molar-refractivity contribution in [2.45, 2.75) is 26.2 Å². The average molecular weight is 265 g/mol. The number of ketones is 1. The number of aryl methyl sites for hydroxylation is 1. The molecule has 2 heteroatoms. The summed E-state index contributed by atoms with van der Waals surface area (Å²) in [5.74, 6) is 0.222. The minimum absolute atomic E-state index is 0.222. The van der Waals surface area contributed by atoms with E-state index < -0.39 is 0 Å². The van der Waals surface area contributed by atoms with Gasteiger partial charge in [-0.2, -0.15) is 0 Å². The van der Waals surface area contributed by atoms with Crippen molar-refractivity contribution in [3.63, 3.8) is 0 Å². The van der Waals surface area contributed by atoms with Gasteiger partial charge in [0.25, 0.3) is 0 Å². The van der Waals surface area contributed by atoms with E-state index in [4.69, 9.17) is 0 Å². The zero-order chi connectivity index (χ0) is 13.9. The maximum Gasteiger partial charge on any atom is 0.167 e. The van der Waals surface area contributed by atoms with Crippen LogP contribution in [0.25, 0.3) is 0 Å². The largest absolute Gasteiger partial charge is 0.385 e. The van der Waals surface area contributed by atoms with Crippen LogP contribution in [0.1, 0.15) is 33.5 Å². The van der Waals surface area contributed by atoms with Gasteiger partial charge < -0.3 is 5.32 Å². The minimum atomic E-state index is 0.222. The van der Waals surface area contributed by atoms with Crippen molar-refractivity contribution >= 4 is 11.5 Å². The average Bonchev–Trinajstić information content (AvgIpc) is 2.49. The Balaban J connectivity index is 1.90. The van der Waals surface area contributed by atoms with Crippen LogP contribution in [0, 0.1) is 6.92 Å². The van der Waals surface area contributed by atoms with Gasteiger partial charge in [-0.15, -0.1) is 0 Å². The monoisotopic (exact) mass is 265 g/mol. The highest BCUT2D eigenvalue weighted by molar-refractivity contribution is 6.00. The lowest BCUT2D eigenvalue weighted by molar-refractivity contribution is 0.0992. The van der Waals surface area contributed by atoms with Gasteiger partial charge in [0.1, 0.15) is 0 Å². The molecule has 0 saturated carbocycles. The highest BCUT2D eigenvalue weighted by Crippen LogP contribution is 2.26. The van der Waals surface area contributed by atoms with E-state index in [0.717, 1.165) is 36.2 Å². The number of rotatable bonds is 3. The number of Topliss-reactive ketones (excluding diaryl/α,β-unsaturated/α-hetero) is 1. The quantitative estimate of drug-likeness (QED) is 0.856. The van der Waals surface area contributed by atoms with Crippen molar-refractivity contribution in [1.82, 2.24) is 0 Å². The fourth-order valence-electron chi connectivity index (χ4n) is 2.85. The molecule has 1 heterocycles. The predicted octanol–water partition coefficient (Wildman–Crippen LogP) is 3.78. The van der Waals surface area contributed by atoms with Crippen molar-refractivity contribution in [3.8, 4) is 0 Å². The number of hydrogen-bond donors (Lipinski definition) is 1. The predicted molar refractivity (Wildman–Crippen MR) is 82.5 cm³/mol. The third kappa shape index (κ3) is 2.46. The molecule has 1 aliphatic rings. The van der Waals surface area contributed by atoms with Gasteiger partial charge in [-0.25, -0.2) is 0 Å². The summed E-state index contributed by atoms with van der Waals surface area (Å²) < 4.78 is 0. The third-order valence-electron chi connectivity index (χ3n) is 4.01. The molecule has 0 bridgehead atoms. The molecule has 0 aliphatic carbocycles. The number of carbonyl (C=O) groups is 1. The van der Waals surface area contributed by atoms with Crippen molar-refractivity contribution in [1.29, 1.82) is 0 Å². The van der Waals surface area contributed by atoms with Crippen LogP contribution in [0.3, 0.4) is 0 Å². The zero-order valence-electron chi connectivity index (χ0n) is 11.8. The smallest absolute Gasteiger partial charge is 0.167 e. The van der Waals surface area contributed by atoms with Crippen LogP contribution < -0.4 is 5.32 Å². The lowest BCUT2D eigenvalue weighted by Gasteiger charge is -2.20. The molecule has 0 saturated heterocycles. The first-order valence-electron chi connectivity index (χ1n) is 7.19. The molecule has 2 aromatic carbocycles. The first-order chi connectivity index (χ1) is 9.75. The molecule has 0 spiro atoms. The van der Waals surface area contributed by atoms with Crippen LogP contribution in [0.4, 0.5) is 5.69 Å². The summed E-state index contributed by atoms with van der Waals surface area (Å²) in [6.07, 6.45) is 2.59. The van der Waals surface area contributed by atoms with E-state index in [-0.39, 0.29) is 5.78 Å². The maximum atomic E-state index is 12.6. The highest BCUT2D eigenvalue weighted by Gasteiger charge is 2.17. The second-order valence-corrected chi connectivity index (χ2v) is 5.39. The van der Waals surface area contributed by atoms with E-state index in [9.17, 15) is 4.79 Å². The van der Waals surface area contributed by atoms with E-state index >= 15 is 0 Å². The summed E-state index contributed by atoms with van der Waals surface area (Å²) in [5, 5.41) is 3.38. The highest BCUT2D eigenvalue weighted by atomic mass is 16.1. The molecule has 0 atom stereocenters. The number of benzene rings is 2. The minimum Gasteiger partial charge on any atom is -0.385 e. The Morgan fingerprint density at radius 1 is 1.15 bits per heavy atom. The van der Waals surface area contributed by atoms with E-state index in [1.807, 2.05) is 30.3 Å². The van der Waals surface area contributed by atoms with Crippen molar-refractivity contribution in [3.05, 3.63) is 64.7 Å². The van der Waals surface area contributed by atoms with Crippen LogP contribution in [-0.2, 0) is 12.8 Å². The summed E-state index contributed by atoms with van der Waals surface area (Å²) in [6.45, 7) is 3.06. The first-order valence-corrected chi connectivity index (χ1v) is 7.19. The molecule has 2 aromatic rings. The van der Waals surface area contributed by atoms with E-state index in [0.29, 0.717) is 6.42 Å². The number of anilines is 1. The Morgan fingerprint density at radius 3 is 2.85 bits per heavy atom. The van der Waals surface area contributed by atoms with E-state index in [1.165, 1.54) is 11.1 Å². The normalized spacial score (nSPS) is 13.4. The summed E-state index contributed by atoms with van der Waals surface area (Å²) in [5.41, 5.74) is 5.52. The molecule has 0 aromatic heterocycles. The molecule has 1 aliphatic heterocycles. The Morgan fingerprint density at radius 2 is 2.00 bits per heavy atom. The lowest BCUT2D eigenvalue weighted by atomic mass is 9.92. The second-order valence-electron chi connectivity index (χ2n) is 5.39. The van der Waals surface area contributed by atoms with Gasteiger partial charge >= 0.3 is 0 Å².